The average Bonchev–Trinajstić information content (AvgIpc) is 2.77. The van der Waals surface area contributed by atoms with Gasteiger partial charge in [-0.05, 0) is 25.8 Å². The highest BCUT2D eigenvalue weighted by molar-refractivity contribution is 5.72. The molecule has 1 saturated heterocycles. The monoisotopic (exact) mass is 354 g/mol. The molecule has 0 saturated carbocycles. The quantitative estimate of drug-likeness (QED) is 0.736. The van der Waals surface area contributed by atoms with Crippen molar-refractivity contribution in [3.8, 4) is 0 Å². The first-order valence-electron chi connectivity index (χ1n) is 8.34. The molecule has 0 amide bonds. The van der Waals surface area contributed by atoms with Crippen LogP contribution in [0.2, 0.25) is 0 Å². The van der Waals surface area contributed by atoms with Gasteiger partial charge in [-0.25, -0.2) is 4.79 Å². The Morgan fingerprint density at radius 1 is 1.48 bits per heavy atom. The maximum atomic E-state index is 12.3. The van der Waals surface area contributed by atoms with Gasteiger partial charge in [-0.2, -0.15) is 4.98 Å². The first-order chi connectivity index (χ1) is 11.6. The summed E-state index contributed by atoms with van der Waals surface area (Å²) in [4.78, 5) is 28.2. The summed E-state index contributed by atoms with van der Waals surface area (Å²) >= 11 is 0. The topological polar surface area (TPSA) is 111 Å². The molecule has 140 valence electrons. The SMILES string of the molecule is Cc1ccn([C@@H]2O[C@H](CO)[C@H](OC(=O)C(C)C(C)C)C2(C)O)c(=O)n1. The minimum absolute atomic E-state index is 0.0621. The van der Waals surface area contributed by atoms with Crippen LogP contribution in [0.1, 0.15) is 39.6 Å². The lowest BCUT2D eigenvalue weighted by molar-refractivity contribution is -0.169. The maximum absolute atomic E-state index is 12.3. The number of aryl methyl sites for hydroxylation is 1. The zero-order valence-electron chi connectivity index (χ0n) is 15.2. The molecule has 2 rings (SSSR count). The van der Waals surface area contributed by atoms with E-state index in [1.54, 1.807) is 19.9 Å². The van der Waals surface area contributed by atoms with Crippen molar-refractivity contribution in [3.05, 3.63) is 28.4 Å². The van der Waals surface area contributed by atoms with Crippen LogP contribution in [0.15, 0.2) is 17.1 Å². The van der Waals surface area contributed by atoms with Gasteiger partial charge in [-0.3, -0.25) is 9.36 Å². The standard InChI is InChI=1S/C17H26N2O6/c1-9(2)11(4)14(21)25-13-12(8-20)24-15(17(13,5)23)19-7-6-10(3)18-16(19)22/h6-7,9,11-13,15,20,23H,8H2,1-5H3/t11?,12-,13+,15-,17?/m1/s1. The number of rotatable bonds is 5. The molecule has 2 unspecified atom stereocenters. The third-order valence-electron chi connectivity index (χ3n) is 4.73. The number of esters is 1. The molecule has 1 aliphatic heterocycles. The maximum Gasteiger partial charge on any atom is 0.349 e. The molecule has 1 aromatic heterocycles. The van der Waals surface area contributed by atoms with Crippen molar-refractivity contribution in [2.24, 2.45) is 11.8 Å². The Bertz CT molecular complexity index is 684. The number of aliphatic hydroxyl groups excluding tert-OH is 1. The molecule has 8 nitrogen and oxygen atoms in total. The molecular formula is C17H26N2O6. The summed E-state index contributed by atoms with van der Waals surface area (Å²) < 4.78 is 12.2. The summed E-state index contributed by atoms with van der Waals surface area (Å²) in [7, 11) is 0. The Hall–Kier alpha value is -1.77. The summed E-state index contributed by atoms with van der Waals surface area (Å²) in [5.41, 5.74) is -1.77. The largest absolute Gasteiger partial charge is 0.456 e. The van der Waals surface area contributed by atoms with E-state index >= 15 is 0 Å². The molecule has 2 heterocycles. The van der Waals surface area contributed by atoms with Gasteiger partial charge >= 0.3 is 11.7 Å². The summed E-state index contributed by atoms with van der Waals surface area (Å²) in [5.74, 6) is -0.803. The summed E-state index contributed by atoms with van der Waals surface area (Å²) in [6.07, 6.45) is -1.72. The van der Waals surface area contributed by atoms with Crippen LogP contribution in [0.4, 0.5) is 0 Å². The fourth-order valence-electron chi connectivity index (χ4n) is 2.75. The third kappa shape index (κ3) is 3.75. The van der Waals surface area contributed by atoms with Crippen LogP contribution in [-0.4, -0.2) is 50.1 Å². The Morgan fingerprint density at radius 3 is 2.64 bits per heavy atom. The fraction of sp³-hybridized carbons (Fsp3) is 0.706. The lowest BCUT2D eigenvalue weighted by Crippen LogP contribution is -2.49. The van der Waals surface area contributed by atoms with Gasteiger partial charge in [0.25, 0.3) is 0 Å². The van der Waals surface area contributed by atoms with Crippen LogP contribution in [0.3, 0.4) is 0 Å². The Balaban J connectivity index is 2.32. The van der Waals surface area contributed by atoms with Crippen molar-refractivity contribution in [1.29, 1.82) is 0 Å². The number of aliphatic hydroxyl groups is 2. The van der Waals surface area contributed by atoms with Crippen LogP contribution in [0, 0.1) is 18.8 Å². The highest BCUT2D eigenvalue weighted by Gasteiger charge is 2.56. The van der Waals surface area contributed by atoms with Crippen LogP contribution >= 0.6 is 0 Å². The highest BCUT2D eigenvalue weighted by atomic mass is 16.6. The fourth-order valence-corrected chi connectivity index (χ4v) is 2.75. The minimum Gasteiger partial charge on any atom is -0.456 e. The molecule has 0 spiro atoms. The average molecular weight is 354 g/mol. The molecule has 0 bridgehead atoms. The van der Waals surface area contributed by atoms with Gasteiger partial charge in [0.1, 0.15) is 11.7 Å². The molecule has 2 N–H and O–H groups in total. The van der Waals surface area contributed by atoms with E-state index in [-0.39, 0.29) is 11.8 Å². The van der Waals surface area contributed by atoms with Gasteiger partial charge in [-0.1, -0.05) is 20.8 Å². The summed E-state index contributed by atoms with van der Waals surface area (Å²) in [6.45, 7) is 8.13. The lowest BCUT2D eigenvalue weighted by atomic mass is 9.94. The predicted octanol–water partition coefficient (Wildman–Crippen LogP) is 0.396. The number of aromatic nitrogens is 2. The van der Waals surface area contributed by atoms with Crippen molar-refractivity contribution in [2.45, 2.75) is 58.7 Å². The van der Waals surface area contributed by atoms with Crippen molar-refractivity contribution < 1.29 is 24.5 Å². The molecular weight excluding hydrogens is 328 g/mol. The van der Waals surface area contributed by atoms with Crippen molar-refractivity contribution in [1.82, 2.24) is 9.55 Å². The number of nitrogens with zero attached hydrogens (tertiary/aromatic N) is 2. The van der Waals surface area contributed by atoms with Crippen LogP contribution in [0.5, 0.6) is 0 Å². The van der Waals surface area contributed by atoms with Gasteiger partial charge in [0, 0.05) is 11.9 Å². The number of ether oxygens (including phenoxy) is 2. The first-order valence-corrected chi connectivity index (χ1v) is 8.34. The molecule has 0 aromatic carbocycles. The van der Waals surface area contributed by atoms with Gasteiger partial charge in [-0.15, -0.1) is 0 Å². The number of hydrogen-bond donors (Lipinski definition) is 2. The molecule has 1 fully saturated rings. The van der Waals surface area contributed by atoms with Crippen molar-refractivity contribution >= 4 is 5.97 Å². The normalized spacial score (nSPS) is 30.5. The zero-order chi connectivity index (χ0) is 18.9. The van der Waals surface area contributed by atoms with Gasteiger partial charge < -0.3 is 19.7 Å². The second kappa shape index (κ2) is 7.23. The Kier molecular flexibility index (Phi) is 5.65. The van der Waals surface area contributed by atoms with Crippen molar-refractivity contribution in [3.63, 3.8) is 0 Å². The first kappa shape index (κ1) is 19.6. The second-order valence-corrected chi connectivity index (χ2v) is 7.08. The second-order valence-electron chi connectivity index (χ2n) is 7.08. The zero-order valence-corrected chi connectivity index (χ0v) is 15.2. The molecule has 25 heavy (non-hydrogen) atoms. The van der Waals surface area contributed by atoms with Crippen LogP contribution < -0.4 is 5.69 Å². The number of carbonyl (C=O) groups excluding carboxylic acids is 1. The minimum atomic E-state index is -1.71. The van der Waals surface area contributed by atoms with Gasteiger partial charge in [0.15, 0.2) is 12.3 Å². The van der Waals surface area contributed by atoms with E-state index in [0.29, 0.717) is 5.69 Å². The Labute approximate surface area is 146 Å². The molecule has 0 radical (unpaired) electrons. The van der Waals surface area contributed by atoms with E-state index in [2.05, 4.69) is 4.98 Å². The highest BCUT2D eigenvalue weighted by Crippen LogP contribution is 2.39. The van der Waals surface area contributed by atoms with Crippen molar-refractivity contribution in [2.75, 3.05) is 6.61 Å². The number of hydrogen-bond acceptors (Lipinski definition) is 7. The molecule has 1 aliphatic rings. The molecule has 0 aliphatic carbocycles. The summed E-state index contributed by atoms with van der Waals surface area (Å²) in [6, 6.07) is 1.61. The van der Waals surface area contributed by atoms with E-state index in [9.17, 15) is 19.8 Å². The van der Waals surface area contributed by atoms with Gasteiger partial charge in [0.2, 0.25) is 0 Å². The van der Waals surface area contributed by atoms with E-state index in [0.717, 1.165) is 4.57 Å². The molecule has 1 aromatic rings. The predicted molar refractivity (Wildman–Crippen MR) is 88.7 cm³/mol. The van der Waals surface area contributed by atoms with Crippen LogP contribution in [0.25, 0.3) is 0 Å². The van der Waals surface area contributed by atoms with E-state index in [4.69, 9.17) is 9.47 Å². The third-order valence-corrected chi connectivity index (χ3v) is 4.73. The van der Waals surface area contributed by atoms with E-state index < -0.39 is 42.3 Å². The van der Waals surface area contributed by atoms with E-state index in [1.165, 1.54) is 13.1 Å². The number of carbonyl (C=O) groups is 1. The smallest absolute Gasteiger partial charge is 0.349 e. The lowest BCUT2D eigenvalue weighted by Gasteiger charge is -2.31. The van der Waals surface area contributed by atoms with Gasteiger partial charge in [0.05, 0.1) is 12.5 Å². The molecule has 8 heteroatoms. The van der Waals surface area contributed by atoms with Crippen LogP contribution in [-0.2, 0) is 14.3 Å². The molecule has 5 atom stereocenters. The summed E-state index contributed by atoms with van der Waals surface area (Å²) in [5, 5.41) is 20.5. The van der Waals surface area contributed by atoms with E-state index in [1.807, 2.05) is 13.8 Å². The Morgan fingerprint density at radius 2 is 2.12 bits per heavy atom.